The van der Waals surface area contributed by atoms with Crippen LogP contribution < -0.4 is 0 Å². The highest BCUT2D eigenvalue weighted by Gasteiger charge is 2.19. The monoisotopic (exact) mass is 207 g/mol. The molecule has 2 heteroatoms. The van der Waals surface area contributed by atoms with Crippen molar-refractivity contribution in [2.45, 2.75) is 40.2 Å². The summed E-state index contributed by atoms with van der Waals surface area (Å²) in [6.45, 7) is 9.00. The Labute approximate surface area is 92.4 Å². The van der Waals surface area contributed by atoms with Crippen LogP contribution in [0.15, 0.2) is 18.5 Å². The molecule has 1 N–H and O–H groups in total. The van der Waals surface area contributed by atoms with Crippen LogP contribution in [-0.2, 0) is 6.61 Å². The van der Waals surface area contributed by atoms with E-state index in [-0.39, 0.29) is 6.61 Å². The van der Waals surface area contributed by atoms with Crippen LogP contribution in [0.25, 0.3) is 0 Å². The number of rotatable bonds is 4. The van der Waals surface area contributed by atoms with Gasteiger partial charge < -0.3 is 5.11 Å². The fourth-order valence-corrected chi connectivity index (χ4v) is 2.32. The van der Waals surface area contributed by atoms with E-state index in [4.69, 9.17) is 5.11 Å². The van der Waals surface area contributed by atoms with Gasteiger partial charge in [-0.15, -0.1) is 0 Å². The summed E-state index contributed by atoms with van der Waals surface area (Å²) >= 11 is 0. The predicted octanol–water partition coefficient (Wildman–Crippen LogP) is 2.97. The van der Waals surface area contributed by atoms with E-state index in [2.05, 4.69) is 38.7 Å². The summed E-state index contributed by atoms with van der Waals surface area (Å²) in [6, 6.07) is 2.07. The van der Waals surface area contributed by atoms with Crippen molar-refractivity contribution in [2.75, 3.05) is 0 Å². The molecule has 2 nitrogen and oxygen atoms in total. The summed E-state index contributed by atoms with van der Waals surface area (Å²) < 4.78 is 0. The second-order valence-corrected chi connectivity index (χ2v) is 4.80. The summed E-state index contributed by atoms with van der Waals surface area (Å²) in [4.78, 5) is 4.18. The van der Waals surface area contributed by atoms with Crippen LogP contribution in [0.2, 0.25) is 0 Å². The molecule has 0 aliphatic carbocycles. The van der Waals surface area contributed by atoms with Gasteiger partial charge in [0.05, 0.1) is 6.61 Å². The maximum atomic E-state index is 9.08. The lowest BCUT2D eigenvalue weighted by Crippen LogP contribution is -2.14. The fourth-order valence-electron chi connectivity index (χ4n) is 2.32. The van der Waals surface area contributed by atoms with Gasteiger partial charge in [-0.3, -0.25) is 4.98 Å². The van der Waals surface area contributed by atoms with Gasteiger partial charge in [0.25, 0.3) is 0 Å². The van der Waals surface area contributed by atoms with E-state index in [1.807, 2.05) is 6.20 Å². The molecule has 1 rings (SSSR count). The van der Waals surface area contributed by atoms with Gasteiger partial charge in [-0.2, -0.15) is 0 Å². The van der Waals surface area contributed by atoms with Crippen molar-refractivity contribution >= 4 is 0 Å². The van der Waals surface area contributed by atoms with Crippen molar-refractivity contribution < 1.29 is 5.11 Å². The lowest BCUT2D eigenvalue weighted by molar-refractivity contribution is 0.280. The van der Waals surface area contributed by atoms with Crippen LogP contribution in [0, 0.1) is 11.8 Å². The Hall–Kier alpha value is -0.890. The highest BCUT2D eigenvalue weighted by molar-refractivity contribution is 5.22. The lowest BCUT2D eigenvalue weighted by Gasteiger charge is -2.25. The quantitative estimate of drug-likeness (QED) is 0.823. The Morgan fingerprint density at radius 2 is 1.73 bits per heavy atom. The molecule has 0 saturated heterocycles. The van der Waals surface area contributed by atoms with Crippen LogP contribution in [0.5, 0.6) is 0 Å². The second-order valence-electron chi connectivity index (χ2n) is 4.80. The van der Waals surface area contributed by atoms with E-state index < -0.39 is 0 Å². The number of aromatic nitrogens is 1. The lowest BCUT2D eigenvalue weighted by atomic mass is 9.80. The molecule has 0 atom stereocenters. The zero-order valence-electron chi connectivity index (χ0n) is 10.1. The molecule has 0 fully saturated rings. The van der Waals surface area contributed by atoms with E-state index in [9.17, 15) is 0 Å². The minimum Gasteiger partial charge on any atom is -0.392 e. The minimum atomic E-state index is 0.0732. The average Bonchev–Trinajstić information content (AvgIpc) is 2.17. The van der Waals surface area contributed by atoms with Crippen LogP contribution in [0.4, 0.5) is 0 Å². The average molecular weight is 207 g/mol. The molecular weight excluding hydrogens is 186 g/mol. The largest absolute Gasteiger partial charge is 0.392 e. The molecular formula is C13H21NO. The smallest absolute Gasteiger partial charge is 0.0696 e. The number of hydrogen-bond acceptors (Lipinski definition) is 2. The third-order valence-electron chi connectivity index (χ3n) is 2.82. The zero-order valence-corrected chi connectivity index (χ0v) is 10.1. The van der Waals surface area contributed by atoms with Crippen LogP contribution >= 0.6 is 0 Å². The standard InChI is InChI=1S/C13H21NO/c1-9(2)13(10(3)4)12-5-11(8-15)6-14-7-12/h5-7,9-10,13,15H,8H2,1-4H3. The molecule has 0 amide bonds. The normalized spacial score (nSPS) is 11.7. The van der Waals surface area contributed by atoms with Crippen LogP contribution in [-0.4, -0.2) is 10.1 Å². The third kappa shape index (κ3) is 3.03. The molecule has 0 radical (unpaired) electrons. The van der Waals surface area contributed by atoms with Crippen molar-refractivity contribution in [3.8, 4) is 0 Å². The zero-order chi connectivity index (χ0) is 11.4. The van der Waals surface area contributed by atoms with Gasteiger partial charge in [0.1, 0.15) is 0 Å². The van der Waals surface area contributed by atoms with Gasteiger partial charge in [0, 0.05) is 12.4 Å². The predicted molar refractivity (Wildman–Crippen MR) is 62.6 cm³/mol. The van der Waals surface area contributed by atoms with E-state index in [1.165, 1.54) is 5.56 Å². The Balaban J connectivity index is 3.00. The van der Waals surface area contributed by atoms with Gasteiger partial charge in [-0.25, -0.2) is 0 Å². The Bertz CT molecular complexity index is 299. The van der Waals surface area contributed by atoms with Crippen LogP contribution in [0.1, 0.15) is 44.7 Å². The van der Waals surface area contributed by atoms with Gasteiger partial charge in [0.15, 0.2) is 0 Å². The molecule has 1 aromatic rings. The van der Waals surface area contributed by atoms with Crippen molar-refractivity contribution in [1.29, 1.82) is 0 Å². The molecule has 15 heavy (non-hydrogen) atoms. The summed E-state index contributed by atoms with van der Waals surface area (Å²) in [7, 11) is 0. The maximum absolute atomic E-state index is 9.08. The topological polar surface area (TPSA) is 33.1 Å². The van der Waals surface area contributed by atoms with Gasteiger partial charge in [0.2, 0.25) is 0 Å². The fraction of sp³-hybridized carbons (Fsp3) is 0.615. The highest BCUT2D eigenvalue weighted by Crippen LogP contribution is 2.31. The van der Waals surface area contributed by atoms with E-state index >= 15 is 0 Å². The SMILES string of the molecule is CC(C)C(c1cncc(CO)c1)C(C)C. The Kier molecular flexibility index (Phi) is 4.28. The third-order valence-corrected chi connectivity index (χ3v) is 2.82. The molecule has 0 aliphatic rings. The number of nitrogens with zero attached hydrogens (tertiary/aromatic N) is 1. The molecule has 0 saturated carbocycles. The first-order chi connectivity index (χ1) is 7.06. The first-order valence-corrected chi connectivity index (χ1v) is 5.61. The number of aliphatic hydroxyl groups is 1. The summed E-state index contributed by atoms with van der Waals surface area (Å²) in [5, 5.41) is 9.08. The number of aliphatic hydroxyl groups excluding tert-OH is 1. The maximum Gasteiger partial charge on any atom is 0.0696 e. The second kappa shape index (κ2) is 5.26. The molecule has 0 bridgehead atoms. The van der Waals surface area contributed by atoms with Crippen molar-refractivity contribution in [3.05, 3.63) is 29.6 Å². The number of hydrogen-bond donors (Lipinski definition) is 1. The summed E-state index contributed by atoms with van der Waals surface area (Å²) in [5.41, 5.74) is 2.14. The molecule has 1 heterocycles. The minimum absolute atomic E-state index is 0.0732. The van der Waals surface area contributed by atoms with Gasteiger partial charge in [-0.1, -0.05) is 33.8 Å². The van der Waals surface area contributed by atoms with Gasteiger partial charge >= 0.3 is 0 Å². The summed E-state index contributed by atoms with van der Waals surface area (Å²) in [5.74, 6) is 1.71. The van der Waals surface area contributed by atoms with E-state index in [0.29, 0.717) is 17.8 Å². The summed E-state index contributed by atoms with van der Waals surface area (Å²) in [6.07, 6.45) is 3.64. The van der Waals surface area contributed by atoms with Gasteiger partial charge in [-0.05, 0) is 28.9 Å². The van der Waals surface area contributed by atoms with Crippen molar-refractivity contribution in [2.24, 2.45) is 11.8 Å². The highest BCUT2D eigenvalue weighted by atomic mass is 16.3. The van der Waals surface area contributed by atoms with E-state index in [1.54, 1.807) is 6.20 Å². The van der Waals surface area contributed by atoms with Crippen molar-refractivity contribution in [1.82, 2.24) is 4.98 Å². The molecule has 0 unspecified atom stereocenters. The molecule has 1 aromatic heterocycles. The molecule has 0 aliphatic heterocycles. The number of pyridine rings is 1. The van der Waals surface area contributed by atoms with E-state index in [0.717, 1.165) is 5.56 Å². The van der Waals surface area contributed by atoms with Crippen molar-refractivity contribution in [3.63, 3.8) is 0 Å². The van der Waals surface area contributed by atoms with Crippen LogP contribution in [0.3, 0.4) is 0 Å². The Morgan fingerprint density at radius 3 is 2.20 bits per heavy atom. The molecule has 0 aromatic carbocycles. The first kappa shape index (κ1) is 12.2. The Morgan fingerprint density at radius 1 is 1.13 bits per heavy atom. The molecule has 84 valence electrons. The first-order valence-electron chi connectivity index (χ1n) is 5.61. The molecule has 0 spiro atoms.